The Labute approximate surface area is 159 Å². The van der Waals surface area contributed by atoms with Crippen molar-refractivity contribution in [2.24, 2.45) is 0 Å². The molecule has 2 N–H and O–H groups in total. The Hall–Kier alpha value is -1.82. The van der Waals surface area contributed by atoms with E-state index in [9.17, 15) is 4.79 Å². The quantitative estimate of drug-likeness (QED) is 0.742. The molecule has 0 spiro atoms. The Kier molecular flexibility index (Phi) is 7.55. The molecule has 1 fully saturated rings. The van der Waals surface area contributed by atoms with Gasteiger partial charge in [0.15, 0.2) is 0 Å². The number of hydrogen-bond donors (Lipinski definition) is 2. The summed E-state index contributed by atoms with van der Waals surface area (Å²) >= 11 is 1.65. The molecule has 2 aromatic carbocycles. The fourth-order valence-corrected chi connectivity index (χ4v) is 3.81. The van der Waals surface area contributed by atoms with Crippen LogP contribution in [0.25, 0.3) is 0 Å². The van der Waals surface area contributed by atoms with Crippen LogP contribution in [0.3, 0.4) is 0 Å². The molecule has 0 radical (unpaired) electrons. The molecule has 3 rings (SSSR count). The highest BCUT2D eigenvalue weighted by molar-refractivity contribution is 7.99. The van der Waals surface area contributed by atoms with Crippen molar-refractivity contribution >= 4 is 17.7 Å². The third-order valence-electron chi connectivity index (χ3n) is 4.51. The zero-order chi connectivity index (χ0) is 18.0. The third kappa shape index (κ3) is 6.48. The van der Waals surface area contributed by atoms with E-state index in [0.29, 0.717) is 12.3 Å². The average molecular weight is 372 g/mol. The molecule has 2 aromatic rings. The molecule has 0 atom stereocenters. The van der Waals surface area contributed by atoms with E-state index in [0.717, 1.165) is 44.2 Å². The maximum atomic E-state index is 12.0. The first-order chi connectivity index (χ1) is 12.8. The Morgan fingerprint density at radius 3 is 2.38 bits per heavy atom. The van der Waals surface area contributed by atoms with Crippen LogP contribution < -0.4 is 10.2 Å². The summed E-state index contributed by atoms with van der Waals surface area (Å²) in [5.41, 5.74) is 3.74. The van der Waals surface area contributed by atoms with Crippen molar-refractivity contribution in [2.75, 3.05) is 32.1 Å². The number of benzene rings is 2. The normalized spacial score (nSPS) is 14.9. The lowest BCUT2D eigenvalue weighted by atomic mass is 10.1. The number of thioether (sulfide) groups is 1. The molecule has 1 aliphatic rings. The van der Waals surface area contributed by atoms with Crippen molar-refractivity contribution in [3.8, 4) is 0 Å². The first kappa shape index (κ1) is 19.0. The van der Waals surface area contributed by atoms with Crippen LogP contribution in [0, 0.1) is 0 Å². The first-order valence-corrected chi connectivity index (χ1v) is 10.3. The number of amides is 1. The second kappa shape index (κ2) is 10.4. The number of carbonyl (C=O) groups is 1. The molecule has 0 aromatic heterocycles. The topological polar surface area (TPSA) is 42.8 Å². The summed E-state index contributed by atoms with van der Waals surface area (Å²) in [6.45, 7) is 5.53. The predicted molar refractivity (Wildman–Crippen MR) is 106 cm³/mol. The fraction of sp³-hybridized carbons (Fsp3) is 0.381. The van der Waals surface area contributed by atoms with Crippen LogP contribution in [0.1, 0.15) is 16.7 Å². The summed E-state index contributed by atoms with van der Waals surface area (Å²) in [4.78, 5) is 13.6. The third-order valence-corrected chi connectivity index (χ3v) is 5.52. The molecule has 1 amide bonds. The zero-order valence-corrected chi connectivity index (χ0v) is 15.9. The number of nitrogens with one attached hydrogen (secondary N) is 2. The SMILES string of the molecule is O=C(CSCc1ccccc1)NCc1ccc(C[NH+]2CCOCC2)cc1. The maximum absolute atomic E-state index is 12.0. The van der Waals surface area contributed by atoms with Crippen molar-refractivity contribution in [3.63, 3.8) is 0 Å². The van der Waals surface area contributed by atoms with Crippen LogP contribution in [0.4, 0.5) is 0 Å². The summed E-state index contributed by atoms with van der Waals surface area (Å²) < 4.78 is 5.40. The van der Waals surface area contributed by atoms with Crippen LogP contribution in [-0.2, 0) is 28.4 Å². The van der Waals surface area contributed by atoms with Gasteiger partial charge in [0, 0.05) is 17.9 Å². The van der Waals surface area contributed by atoms with Crippen LogP contribution in [0.2, 0.25) is 0 Å². The summed E-state index contributed by atoms with van der Waals surface area (Å²) in [5.74, 6) is 1.45. The van der Waals surface area contributed by atoms with Crippen molar-refractivity contribution in [1.82, 2.24) is 5.32 Å². The molecule has 1 heterocycles. The molecule has 0 unspecified atom stereocenters. The minimum atomic E-state index is 0.0905. The predicted octanol–water partition coefficient (Wildman–Crippen LogP) is 1.65. The van der Waals surface area contributed by atoms with Gasteiger partial charge in [-0.05, 0) is 11.1 Å². The summed E-state index contributed by atoms with van der Waals surface area (Å²) in [5, 5.41) is 3.00. The van der Waals surface area contributed by atoms with Gasteiger partial charge in [0.1, 0.15) is 19.6 Å². The van der Waals surface area contributed by atoms with Crippen molar-refractivity contribution < 1.29 is 14.4 Å². The maximum Gasteiger partial charge on any atom is 0.230 e. The number of hydrogen-bond acceptors (Lipinski definition) is 3. The van der Waals surface area contributed by atoms with Gasteiger partial charge in [-0.25, -0.2) is 0 Å². The number of morpholine rings is 1. The molecule has 1 aliphatic heterocycles. The van der Waals surface area contributed by atoms with Gasteiger partial charge in [0.2, 0.25) is 5.91 Å². The van der Waals surface area contributed by atoms with Gasteiger partial charge < -0.3 is 15.0 Å². The van der Waals surface area contributed by atoms with Crippen LogP contribution >= 0.6 is 11.8 Å². The van der Waals surface area contributed by atoms with Gasteiger partial charge >= 0.3 is 0 Å². The molecule has 5 heteroatoms. The molecule has 0 aliphatic carbocycles. The van der Waals surface area contributed by atoms with Crippen LogP contribution in [0.5, 0.6) is 0 Å². The zero-order valence-electron chi connectivity index (χ0n) is 15.1. The van der Waals surface area contributed by atoms with Gasteiger partial charge in [0.05, 0.1) is 19.0 Å². The summed E-state index contributed by atoms with van der Waals surface area (Å²) in [6, 6.07) is 18.8. The van der Waals surface area contributed by atoms with E-state index < -0.39 is 0 Å². The second-order valence-electron chi connectivity index (χ2n) is 6.61. The Morgan fingerprint density at radius 2 is 1.65 bits per heavy atom. The Balaban J connectivity index is 1.35. The monoisotopic (exact) mass is 371 g/mol. The Bertz CT molecular complexity index is 670. The van der Waals surface area contributed by atoms with Crippen molar-refractivity contribution in [2.45, 2.75) is 18.8 Å². The highest BCUT2D eigenvalue weighted by atomic mass is 32.2. The lowest BCUT2D eigenvalue weighted by molar-refractivity contribution is -0.921. The lowest BCUT2D eigenvalue weighted by Gasteiger charge is -2.23. The smallest absolute Gasteiger partial charge is 0.230 e. The van der Waals surface area contributed by atoms with E-state index in [-0.39, 0.29) is 5.91 Å². The van der Waals surface area contributed by atoms with Crippen molar-refractivity contribution in [1.29, 1.82) is 0 Å². The first-order valence-electron chi connectivity index (χ1n) is 9.17. The number of rotatable bonds is 8. The van der Waals surface area contributed by atoms with E-state index in [1.807, 2.05) is 18.2 Å². The molecule has 4 nitrogen and oxygen atoms in total. The number of carbonyl (C=O) groups excluding carboxylic acids is 1. The molecule has 1 saturated heterocycles. The minimum Gasteiger partial charge on any atom is -0.370 e. The number of quaternary nitrogens is 1. The second-order valence-corrected chi connectivity index (χ2v) is 7.60. The highest BCUT2D eigenvalue weighted by Crippen LogP contribution is 2.11. The highest BCUT2D eigenvalue weighted by Gasteiger charge is 2.13. The largest absolute Gasteiger partial charge is 0.370 e. The summed E-state index contributed by atoms with van der Waals surface area (Å²) in [6.07, 6.45) is 0. The minimum absolute atomic E-state index is 0.0905. The number of ether oxygens (including phenoxy) is 1. The van der Waals surface area contributed by atoms with E-state index in [1.165, 1.54) is 11.1 Å². The van der Waals surface area contributed by atoms with Gasteiger partial charge in [-0.3, -0.25) is 4.79 Å². The molecule has 0 saturated carbocycles. The van der Waals surface area contributed by atoms with E-state index in [2.05, 4.69) is 41.7 Å². The molecule has 138 valence electrons. The van der Waals surface area contributed by atoms with Gasteiger partial charge in [0.25, 0.3) is 0 Å². The van der Waals surface area contributed by atoms with E-state index in [1.54, 1.807) is 16.7 Å². The molecule has 26 heavy (non-hydrogen) atoms. The lowest BCUT2D eigenvalue weighted by Crippen LogP contribution is -3.12. The Morgan fingerprint density at radius 1 is 0.962 bits per heavy atom. The fourth-order valence-electron chi connectivity index (χ4n) is 2.99. The van der Waals surface area contributed by atoms with Gasteiger partial charge in [-0.1, -0.05) is 54.6 Å². The molecular weight excluding hydrogens is 344 g/mol. The summed E-state index contributed by atoms with van der Waals surface area (Å²) in [7, 11) is 0. The van der Waals surface area contributed by atoms with E-state index >= 15 is 0 Å². The van der Waals surface area contributed by atoms with Gasteiger partial charge in [-0.15, -0.1) is 11.8 Å². The van der Waals surface area contributed by atoms with Crippen molar-refractivity contribution in [3.05, 3.63) is 71.3 Å². The van der Waals surface area contributed by atoms with Crippen LogP contribution in [0.15, 0.2) is 54.6 Å². The standard InChI is InChI=1S/C21H26N2O2S/c24-21(17-26-16-20-4-2-1-3-5-20)22-14-18-6-8-19(9-7-18)15-23-10-12-25-13-11-23/h1-9H,10-17H2,(H,22,24)/p+1. The van der Waals surface area contributed by atoms with E-state index in [4.69, 9.17) is 4.74 Å². The van der Waals surface area contributed by atoms with Gasteiger partial charge in [-0.2, -0.15) is 0 Å². The van der Waals surface area contributed by atoms with Crippen LogP contribution in [-0.4, -0.2) is 38.0 Å². The molecular formula is C21H27N2O2S+. The molecule has 0 bridgehead atoms. The average Bonchev–Trinajstić information content (AvgIpc) is 2.69.